The molecule has 0 spiro atoms. The molecule has 29 nitrogen and oxygen atoms in total. The molecule has 9 amide bonds. The molecule has 5 rings (SSSR count). The molecule has 16 N–H and O–H groups in total. The second-order valence-corrected chi connectivity index (χ2v) is 22.7. The van der Waals surface area contributed by atoms with Gasteiger partial charge in [0, 0.05) is 43.0 Å². The number of fused-ring (bicyclic) bond motifs is 1. The molecule has 2 unspecified atom stereocenters. The largest absolute Gasteiger partial charge is 0.481 e. The van der Waals surface area contributed by atoms with E-state index in [9.17, 15) is 71.4 Å². The second kappa shape index (κ2) is 34.0. The molecule has 1 saturated heterocycles. The van der Waals surface area contributed by atoms with Gasteiger partial charge in [-0.15, -0.1) is 0 Å². The van der Waals surface area contributed by atoms with E-state index in [0.717, 1.165) is 17.7 Å². The van der Waals surface area contributed by atoms with E-state index in [1.165, 1.54) is 35.7 Å². The van der Waals surface area contributed by atoms with Crippen molar-refractivity contribution in [2.45, 2.75) is 99.8 Å². The predicted octanol–water partition coefficient (Wildman–Crippen LogP) is -2.26. The summed E-state index contributed by atoms with van der Waals surface area (Å²) in [6.07, 6.45) is 2.26. The number of hydrogen-bond acceptors (Lipinski definition) is 18. The molecule has 1 fully saturated rings. The summed E-state index contributed by atoms with van der Waals surface area (Å²) in [5.41, 5.74) is 8.13. The molecule has 2 heterocycles. The summed E-state index contributed by atoms with van der Waals surface area (Å²) in [7, 11) is -4.92. The van der Waals surface area contributed by atoms with Crippen LogP contribution in [0.15, 0.2) is 85.1 Å². The van der Waals surface area contributed by atoms with Crippen LogP contribution in [0.5, 0.6) is 5.75 Å². The number of hydrogen-bond donors (Lipinski definition) is 15. The van der Waals surface area contributed by atoms with Crippen molar-refractivity contribution < 1.29 is 80.1 Å². The van der Waals surface area contributed by atoms with Gasteiger partial charge in [-0.2, -0.15) is 31.9 Å². The van der Waals surface area contributed by atoms with Crippen molar-refractivity contribution in [1.82, 2.24) is 58.2 Å². The first kappa shape index (κ1) is 68.5. The van der Waals surface area contributed by atoms with Crippen LogP contribution in [0.3, 0.4) is 0 Å². The molecule has 86 heavy (non-hydrogen) atoms. The molecular formula is C54H70N12O17S3. The Morgan fingerprint density at radius 2 is 1.30 bits per heavy atom. The van der Waals surface area contributed by atoms with Crippen molar-refractivity contribution >= 4 is 110 Å². The van der Waals surface area contributed by atoms with Crippen LogP contribution in [0.4, 0.5) is 0 Å². The van der Waals surface area contributed by atoms with Crippen LogP contribution in [0.1, 0.15) is 48.8 Å². The van der Waals surface area contributed by atoms with Gasteiger partial charge in [0.05, 0.1) is 25.4 Å². The SMILES string of the molecule is CSCC[C@H](NC(=O)[C@H](Cc1ccc(OS(=O)(=O)O)cc1)NC(=O)[C@@H](N)CC(=O)O)C(=O)NC1CNC(=O)CNC(=O)C(CCNCc2ccccc2)NC(=O)[C@H](CC(=O)O)NC(=O)[C@H](CCSC)NC(=O)[C@H](Cc2c[nH]c3ccccc23)NC1=O. The summed E-state index contributed by atoms with van der Waals surface area (Å²) in [6.45, 7) is -1.05. The molecule has 466 valence electrons. The molecule has 0 bridgehead atoms. The van der Waals surface area contributed by atoms with Gasteiger partial charge in [-0.05, 0) is 84.7 Å². The number of nitrogens with one attached hydrogen (secondary N) is 11. The molecule has 32 heteroatoms. The van der Waals surface area contributed by atoms with Gasteiger partial charge >= 0.3 is 22.3 Å². The summed E-state index contributed by atoms with van der Waals surface area (Å²) in [5.74, 6) is -11.9. The van der Waals surface area contributed by atoms with Crippen LogP contribution in [0.2, 0.25) is 0 Å². The van der Waals surface area contributed by atoms with Gasteiger partial charge in [-0.3, -0.25) is 57.3 Å². The number of rotatable bonds is 27. The third-order valence-corrected chi connectivity index (χ3v) is 14.8. The highest BCUT2D eigenvalue weighted by atomic mass is 32.3. The first-order valence-corrected chi connectivity index (χ1v) is 31.0. The number of nitrogens with two attached hydrogens (primary N) is 1. The van der Waals surface area contributed by atoms with Gasteiger partial charge in [-0.25, -0.2) is 0 Å². The molecule has 0 radical (unpaired) electrons. The fourth-order valence-electron chi connectivity index (χ4n) is 8.69. The number of benzene rings is 3. The maximum Gasteiger partial charge on any atom is 0.446 e. The number of aromatic nitrogens is 1. The Labute approximate surface area is 502 Å². The van der Waals surface area contributed by atoms with Crippen molar-refractivity contribution in [3.05, 3.63) is 102 Å². The van der Waals surface area contributed by atoms with Gasteiger partial charge in [0.15, 0.2) is 0 Å². The second-order valence-electron chi connectivity index (χ2n) is 19.7. The predicted molar refractivity (Wildman–Crippen MR) is 315 cm³/mol. The van der Waals surface area contributed by atoms with Crippen molar-refractivity contribution in [2.24, 2.45) is 5.73 Å². The zero-order valence-electron chi connectivity index (χ0n) is 46.8. The highest BCUT2D eigenvalue weighted by molar-refractivity contribution is 7.98. The Morgan fingerprint density at radius 3 is 1.97 bits per heavy atom. The number of H-pyrrole nitrogens is 1. The molecule has 4 aromatic rings. The first-order valence-electron chi connectivity index (χ1n) is 26.8. The molecule has 0 aliphatic carbocycles. The van der Waals surface area contributed by atoms with Gasteiger partial charge in [0.1, 0.15) is 48.0 Å². The van der Waals surface area contributed by atoms with Crippen molar-refractivity contribution in [1.29, 1.82) is 0 Å². The molecule has 1 aliphatic rings. The molecule has 3 aromatic carbocycles. The molecule has 8 atom stereocenters. The fourth-order valence-corrected chi connectivity index (χ4v) is 9.98. The average molecular weight is 1260 g/mol. The minimum Gasteiger partial charge on any atom is -0.481 e. The van der Waals surface area contributed by atoms with E-state index in [0.29, 0.717) is 23.0 Å². The topological polar surface area (TPSA) is 454 Å². The number of aromatic amines is 1. The normalized spacial score (nSPS) is 19.4. The van der Waals surface area contributed by atoms with E-state index in [4.69, 9.17) is 10.3 Å². The maximum absolute atomic E-state index is 14.8. The van der Waals surface area contributed by atoms with Gasteiger partial charge in [-0.1, -0.05) is 60.7 Å². The van der Waals surface area contributed by atoms with Crippen molar-refractivity contribution in [3.8, 4) is 5.75 Å². The number of para-hydroxylation sites is 1. The number of aliphatic carboxylic acids is 2. The van der Waals surface area contributed by atoms with Crippen LogP contribution in [0.25, 0.3) is 10.9 Å². The number of amides is 9. The van der Waals surface area contributed by atoms with Crippen molar-refractivity contribution in [3.63, 3.8) is 0 Å². The lowest BCUT2D eigenvalue weighted by atomic mass is 10.0. The van der Waals surface area contributed by atoms with E-state index in [-0.39, 0.29) is 61.5 Å². The van der Waals surface area contributed by atoms with Crippen LogP contribution >= 0.6 is 23.5 Å². The van der Waals surface area contributed by atoms with Crippen LogP contribution in [0, 0.1) is 0 Å². The number of carboxylic acid groups (broad SMARTS) is 2. The number of carbonyl (C=O) groups excluding carboxylic acids is 9. The lowest BCUT2D eigenvalue weighted by molar-refractivity contribution is -0.141. The molecular weight excluding hydrogens is 1180 g/mol. The zero-order chi connectivity index (χ0) is 62.9. The summed E-state index contributed by atoms with van der Waals surface area (Å²) >= 11 is 2.55. The number of carboxylic acids is 2. The Bertz CT molecular complexity index is 3160. The van der Waals surface area contributed by atoms with E-state index in [1.54, 1.807) is 43.0 Å². The molecule has 1 aliphatic heterocycles. The fraction of sp³-hybridized carbons (Fsp3) is 0.426. The minimum absolute atomic E-state index is 0.0716. The van der Waals surface area contributed by atoms with Crippen LogP contribution < -0.4 is 63.1 Å². The number of thioether (sulfide) groups is 2. The van der Waals surface area contributed by atoms with E-state index < -0.39 is 150 Å². The van der Waals surface area contributed by atoms with Crippen LogP contribution in [-0.2, 0) is 82.5 Å². The summed E-state index contributed by atoms with van der Waals surface area (Å²) in [5, 5.41) is 45.6. The lowest BCUT2D eigenvalue weighted by Gasteiger charge is -2.28. The van der Waals surface area contributed by atoms with E-state index >= 15 is 0 Å². The Balaban J connectivity index is 1.51. The van der Waals surface area contributed by atoms with Crippen molar-refractivity contribution in [2.75, 3.05) is 43.7 Å². The molecule has 0 saturated carbocycles. The Kier molecular flexibility index (Phi) is 27.1. The quantitative estimate of drug-likeness (QED) is 0.0221. The highest BCUT2D eigenvalue weighted by Crippen LogP contribution is 2.20. The van der Waals surface area contributed by atoms with Gasteiger partial charge in [0.25, 0.3) is 0 Å². The summed E-state index contributed by atoms with van der Waals surface area (Å²) < 4.78 is 36.2. The smallest absolute Gasteiger partial charge is 0.446 e. The Morgan fingerprint density at radius 1 is 0.686 bits per heavy atom. The lowest BCUT2D eigenvalue weighted by Crippen LogP contribution is -2.62. The summed E-state index contributed by atoms with van der Waals surface area (Å²) in [6, 6.07) is 8.16. The summed E-state index contributed by atoms with van der Waals surface area (Å²) in [4.78, 5) is 154. The van der Waals surface area contributed by atoms with E-state index in [2.05, 4.69) is 62.3 Å². The van der Waals surface area contributed by atoms with Gasteiger partial charge in [0.2, 0.25) is 53.2 Å². The number of carbonyl (C=O) groups is 11. The Hall–Kier alpha value is -8.30. The van der Waals surface area contributed by atoms with E-state index in [1.807, 2.05) is 30.3 Å². The van der Waals surface area contributed by atoms with Gasteiger partial charge < -0.3 is 78.3 Å². The minimum atomic E-state index is -4.92. The average Bonchev–Trinajstić information content (AvgIpc) is 4.04. The maximum atomic E-state index is 14.8. The molecule has 1 aromatic heterocycles. The van der Waals surface area contributed by atoms with Crippen LogP contribution in [-0.4, -0.2) is 185 Å². The highest BCUT2D eigenvalue weighted by Gasteiger charge is 2.36. The standard InChI is InChI=1S/C54H70N12O17S3/c1-84-20-17-38-49(74)65-42(25-46(70)71)53(78)60-37(16-19-56-26-31-8-4-3-5-9-31)48(73)59-29-44(67)58-28-43(54(79)64-41(52(77)62-38)23-32-27-57-36-11-7-6-10-34(32)36)66-50(75)39(18-21-85-2)61-51(76)40(63-47(72)35(55)24-45(68)69)22-30-12-14-33(15-13-30)83-86(80,81)82/h3-15,27,35,37-43,56-57H,16-26,28-29,55H2,1-2H3,(H,58,67)(H,59,73)(H,60,78)(H,61,76)(H,62,77)(H,63,72)(H,64,79)(H,65,74)(H,66,75)(H,68,69)(H,70,71)(H,80,81,82)/t35-,37?,38-,39-,40-,41-,42-,43?/m0/s1. The monoisotopic (exact) mass is 1250 g/mol. The third kappa shape index (κ3) is 22.9. The first-order chi connectivity index (χ1) is 40.9. The third-order valence-electron chi connectivity index (χ3n) is 13.1. The zero-order valence-corrected chi connectivity index (χ0v) is 49.2.